The number of nitrogens with one attached hydrogen (secondary N) is 1. The lowest BCUT2D eigenvalue weighted by atomic mass is 10.2. The van der Waals surface area contributed by atoms with Gasteiger partial charge in [0, 0.05) is 35.4 Å². The van der Waals surface area contributed by atoms with Crippen LogP contribution in [0.15, 0.2) is 35.3 Å². The third kappa shape index (κ3) is 7.62. The number of hydrogen-bond donors (Lipinski definition) is 2. The molecule has 0 heterocycles. The van der Waals surface area contributed by atoms with Gasteiger partial charge in [-0.25, -0.2) is 0 Å². The largest absolute Gasteiger partial charge is 0.370 e. The van der Waals surface area contributed by atoms with Crippen LogP contribution in [0.25, 0.3) is 0 Å². The Morgan fingerprint density at radius 3 is 2.79 bits per heavy atom. The van der Waals surface area contributed by atoms with E-state index in [2.05, 4.69) is 17.2 Å². The quantitative estimate of drug-likeness (QED) is 0.432. The highest BCUT2D eigenvalue weighted by Crippen LogP contribution is 2.02. The third-order valence-electron chi connectivity index (χ3n) is 2.60. The van der Waals surface area contributed by atoms with Crippen molar-refractivity contribution in [2.75, 3.05) is 18.8 Å². The summed E-state index contributed by atoms with van der Waals surface area (Å²) in [5.41, 5.74) is 6.80. The molecule has 1 aromatic rings. The molecule has 0 saturated carbocycles. The second kappa shape index (κ2) is 9.55. The zero-order chi connectivity index (χ0) is 13.9. The molecular weight excluding hydrogens is 258 g/mol. The van der Waals surface area contributed by atoms with E-state index in [-0.39, 0.29) is 0 Å². The number of hydrogen-bond acceptors (Lipinski definition) is 2. The Kier molecular flexibility index (Phi) is 7.89. The number of guanidine groups is 1. The van der Waals surface area contributed by atoms with Gasteiger partial charge >= 0.3 is 0 Å². The minimum absolute atomic E-state index is 0.449. The van der Waals surface area contributed by atoms with Gasteiger partial charge in [0.15, 0.2) is 5.96 Å². The van der Waals surface area contributed by atoms with E-state index < -0.39 is 10.8 Å². The second-order valence-corrected chi connectivity index (χ2v) is 5.90. The predicted molar refractivity (Wildman–Crippen MR) is 82.6 cm³/mol. The van der Waals surface area contributed by atoms with E-state index >= 15 is 0 Å². The highest BCUT2D eigenvalue weighted by molar-refractivity contribution is 7.84. The van der Waals surface area contributed by atoms with Gasteiger partial charge in [-0.1, -0.05) is 43.7 Å². The molecule has 0 aliphatic carbocycles. The zero-order valence-corrected chi connectivity index (χ0v) is 12.3. The molecule has 0 amide bonds. The van der Waals surface area contributed by atoms with Crippen LogP contribution in [-0.4, -0.2) is 29.0 Å². The average Bonchev–Trinajstić information content (AvgIpc) is 2.40. The normalized spacial score (nSPS) is 13.2. The molecule has 0 aliphatic rings. The zero-order valence-electron chi connectivity index (χ0n) is 11.5. The standard InChI is InChI=1S/C14H23N3OS/c1-2-3-9-16-14(15)17-10-11-19(18)12-13-7-5-4-6-8-13/h4-8H,2-3,9-12H2,1H3,(H3,15,16,17). The van der Waals surface area contributed by atoms with Crippen molar-refractivity contribution in [3.05, 3.63) is 35.9 Å². The van der Waals surface area contributed by atoms with Gasteiger partial charge in [-0.15, -0.1) is 0 Å². The fraction of sp³-hybridized carbons (Fsp3) is 0.500. The maximum Gasteiger partial charge on any atom is 0.188 e. The Hall–Kier alpha value is -1.36. The first-order valence-corrected chi connectivity index (χ1v) is 8.14. The maximum absolute atomic E-state index is 11.8. The highest BCUT2D eigenvalue weighted by atomic mass is 32.2. The minimum Gasteiger partial charge on any atom is -0.370 e. The summed E-state index contributed by atoms with van der Waals surface area (Å²) in [4.78, 5) is 4.18. The molecule has 3 N–H and O–H groups in total. The van der Waals surface area contributed by atoms with Gasteiger partial charge < -0.3 is 11.1 Å². The van der Waals surface area contributed by atoms with Gasteiger partial charge in [0.05, 0.1) is 0 Å². The maximum atomic E-state index is 11.8. The fourth-order valence-electron chi connectivity index (χ4n) is 1.54. The van der Waals surface area contributed by atoms with Gasteiger partial charge in [-0.05, 0) is 12.0 Å². The summed E-state index contributed by atoms with van der Waals surface area (Å²) in [6.45, 7) is 3.47. The summed E-state index contributed by atoms with van der Waals surface area (Å²) >= 11 is 0. The summed E-state index contributed by atoms with van der Waals surface area (Å²) in [6.07, 6.45) is 2.15. The Morgan fingerprint density at radius 2 is 2.11 bits per heavy atom. The third-order valence-corrected chi connectivity index (χ3v) is 3.91. The van der Waals surface area contributed by atoms with E-state index in [1.165, 1.54) is 0 Å². The Balaban J connectivity index is 2.18. The van der Waals surface area contributed by atoms with Crippen molar-refractivity contribution in [3.8, 4) is 0 Å². The molecule has 0 radical (unpaired) electrons. The molecule has 4 nitrogen and oxygen atoms in total. The first-order chi connectivity index (χ1) is 9.22. The van der Waals surface area contributed by atoms with Crippen molar-refractivity contribution < 1.29 is 4.21 Å². The van der Waals surface area contributed by atoms with Crippen LogP contribution in [-0.2, 0) is 16.6 Å². The molecule has 0 aromatic heterocycles. The van der Waals surface area contributed by atoms with Crippen LogP contribution < -0.4 is 11.1 Å². The molecular formula is C14H23N3OS. The summed E-state index contributed by atoms with van der Waals surface area (Å²) in [5, 5.41) is 2.99. The lowest BCUT2D eigenvalue weighted by Crippen LogP contribution is -2.34. The predicted octanol–water partition coefficient (Wildman–Crippen LogP) is 1.64. The van der Waals surface area contributed by atoms with Crippen molar-refractivity contribution in [1.82, 2.24) is 5.32 Å². The van der Waals surface area contributed by atoms with Crippen LogP contribution in [0, 0.1) is 0 Å². The molecule has 5 heteroatoms. The molecule has 19 heavy (non-hydrogen) atoms. The summed E-state index contributed by atoms with van der Waals surface area (Å²) in [6, 6.07) is 9.87. The van der Waals surface area contributed by atoms with Crippen molar-refractivity contribution in [1.29, 1.82) is 0 Å². The SMILES string of the molecule is CCCCN=C(N)NCCS(=O)Cc1ccccc1. The lowest BCUT2D eigenvalue weighted by Gasteiger charge is -2.06. The van der Waals surface area contributed by atoms with Crippen molar-refractivity contribution in [2.45, 2.75) is 25.5 Å². The molecule has 0 fully saturated rings. The van der Waals surface area contributed by atoms with Crippen LogP contribution >= 0.6 is 0 Å². The van der Waals surface area contributed by atoms with E-state index in [0.29, 0.717) is 24.0 Å². The Morgan fingerprint density at radius 1 is 1.37 bits per heavy atom. The Labute approximate surface area is 118 Å². The van der Waals surface area contributed by atoms with E-state index in [9.17, 15) is 4.21 Å². The molecule has 106 valence electrons. The van der Waals surface area contributed by atoms with Gasteiger partial charge in [0.1, 0.15) is 0 Å². The summed E-state index contributed by atoms with van der Waals surface area (Å²) in [7, 11) is -0.868. The molecule has 1 unspecified atom stereocenters. The summed E-state index contributed by atoms with van der Waals surface area (Å²) in [5.74, 6) is 1.62. The minimum atomic E-state index is -0.868. The first-order valence-electron chi connectivity index (χ1n) is 6.65. The van der Waals surface area contributed by atoms with E-state index in [0.717, 1.165) is 24.9 Å². The fourth-order valence-corrected chi connectivity index (χ4v) is 2.58. The highest BCUT2D eigenvalue weighted by Gasteiger charge is 2.01. The van der Waals surface area contributed by atoms with Crippen LogP contribution in [0.1, 0.15) is 25.3 Å². The smallest absolute Gasteiger partial charge is 0.188 e. The van der Waals surface area contributed by atoms with Crippen molar-refractivity contribution in [2.24, 2.45) is 10.7 Å². The van der Waals surface area contributed by atoms with Crippen LogP contribution in [0.5, 0.6) is 0 Å². The molecule has 1 aromatic carbocycles. The van der Waals surface area contributed by atoms with E-state index in [1.807, 2.05) is 30.3 Å². The van der Waals surface area contributed by atoms with Crippen LogP contribution in [0.2, 0.25) is 0 Å². The van der Waals surface area contributed by atoms with Gasteiger partial charge in [0.25, 0.3) is 0 Å². The number of nitrogens with zero attached hydrogens (tertiary/aromatic N) is 1. The van der Waals surface area contributed by atoms with E-state index in [1.54, 1.807) is 0 Å². The average molecular weight is 281 g/mol. The molecule has 1 atom stereocenters. The number of aliphatic imine (C=N–C) groups is 1. The van der Waals surface area contributed by atoms with Gasteiger partial charge in [-0.2, -0.15) is 0 Å². The monoisotopic (exact) mass is 281 g/mol. The van der Waals surface area contributed by atoms with E-state index in [4.69, 9.17) is 5.73 Å². The molecule has 0 bridgehead atoms. The molecule has 0 spiro atoms. The van der Waals surface area contributed by atoms with Crippen molar-refractivity contribution in [3.63, 3.8) is 0 Å². The van der Waals surface area contributed by atoms with Crippen molar-refractivity contribution >= 4 is 16.8 Å². The lowest BCUT2D eigenvalue weighted by molar-refractivity contribution is 0.681. The molecule has 0 aliphatic heterocycles. The van der Waals surface area contributed by atoms with Gasteiger partial charge in [-0.3, -0.25) is 9.20 Å². The summed E-state index contributed by atoms with van der Waals surface area (Å²) < 4.78 is 11.8. The number of nitrogens with two attached hydrogens (primary N) is 1. The number of benzene rings is 1. The van der Waals surface area contributed by atoms with Crippen LogP contribution in [0.4, 0.5) is 0 Å². The number of rotatable bonds is 8. The molecule has 0 saturated heterocycles. The molecule has 1 rings (SSSR count). The Bertz CT molecular complexity index is 406. The topological polar surface area (TPSA) is 67.5 Å². The van der Waals surface area contributed by atoms with Crippen LogP contribution in [0.3, 0.4) is 0 Å². The van der Waals surface area contributed by atoms with Gasteiger partial charge in [0.2, 0.25) is 0 Å². The first kappa shape index (κ1) is 15.7. The number of unbranched alkanes of at least 4 members (excludes halogenated alkanes) is 1. The second-order valence-electron chi connectivity index (χ2n) is 4.32.